The Morgan fingerprint density at radius 1 is 1.00 bits per heavy atom. The van der Waals surface area contributed by atoms with Crippen LogP contribution in [0.2, 0.25) is 0 Å². The maximum Gasteiger partial charge on any atom is 0.333 e. The van der Waals surface area contributed by atoms with Gasteiger partial charge in [0.05, 0.1) is 5.54 Å². The van der Waals surface area contributed by atoms with Crippen molar-refractivity contribution in [3.8, 4) is 0 Å². The summed E-state index contributed by atoms with van der Waals surface area (Å²) < 4.78 is 5.52. The number of hydrogen-bond donors (Lipinski definition) is 0. The van der Waals surface area contributed by atoms with E-state index in [-0.39, 0.29) is 18.7 Å². The summed E-state index contributed by atoms with van der Waals surface area (Å²) in [6.45, 7) is 8.20. The molecule has 0 spiro atoms. The zero-order chi connectivity index (χ0) is 18.1. The molecule has 0 radical (unpaired) electrons. The maximum atomic E-state index is 12.8. The Kier molecular flexibility index (Phi) is 4.67. The molecule has 0 amide bonds. The lowest BCUT2D eigenvalue weighted by Gasteiger charge is -2.51. The number of morpholine rings is 1. The van der Waals surface area contributed by atoms with Gasteiger partial charge in [0, 0.05) is 0 Å². The van der Waals surface area contributed by atoms with Crippen molar-refractivity contribution < 1.29 is 14.4 Å². The number of rotatable bonds is 4. The van der Waals surface area contributed by atoms with Crippen molar-refractivity contribution in [2.75, 3.05) is 6.61 Å². The van der Waals surface area contributed by atoms with Crippen LogP contribution in [0.25, 0.3) is 0 Å². The summed E-state index contributed by atoms with van der Waals surface area (Å²) in [5.74, 6) is -0.293. The van der Waals surface area contributed by atoms with Gasteiger partial charge in [0.2, 0.25) is 0 Å². The first-order valence-corrected chi connectivity index (χ1v) is 8.60. The van der Waals surface area contributed by atoms with Gasteiger partial charge in [-0.1, -0.05) is 60.7 Å². The Balaban J connectivity index is 2.00. The van der Waals surface area contributed by atoms with Gasteiger partial charge in [-0.15, -0.1) is 0 Å². The average molecular weight is 339 g/mol. The van der Waals surface area contributed by atoms with E-state index in [1.54, 1.807) is 0 Å². The zero-order valence-corrected chi connectivity index (χ0v) is 15.2. The van der Waals surface area contributed by atoms with Crippen LogP contribution in [0.3, 0.4) is 0 Å². The number of ether oxygens (including phenoxy) is 1. The van der Waals surface area contributed by atoms with Gasteiger partial charge in [-0.3, -0.25) is 4.84 Å². The minimum absolute atomic E-state index is 0.186. The van der Waals surface area contributed by atoms with Crippen LogP contribution < -0.4 is 0 Å². The molecule has 2 aromatic rings. The van der Waals surface area contributed by atoms with Crippen LogP contribution in [-0.4, -0.2) is 23.2 Å². The lowest BCUT2D eigenvalue weighted by molar-refractivity contribution is -0.319. The Hall–Kier alpha value is -2.17. The Morgan fingerprint density at radius 3 is 2.16 bits per heavy atom. The summed E-state index contributed by atoms with van der Waals surface area (Å²) in [6.07, 6.45) is -0.186. The van der Waals surface area contributed by atoms with Crippen LogP contribution in [-0.2, 0) is 19.9 Å². The molecule has 132 valence electrons. The first-order valence-electron chi connectivity index (χ1n) is 8.60. The largest absolute Gasteiger partial charge is 0.462 e. The highest BCUT2D eigenvalue weighted by molar-refractivity contribution is 5.83. The van der Waals surface area contributed by atoms with E-state index in [9.17, 15) is 4.79 Å². The van der Waals surface area contributed by atoms with Crippen LogP contribution in [0.15, 0.2) is 60.7 Å². The summed E-state index contributed by atoms with van der Waals surface area (Å²) in [4.78, 5) is 19.2. The molecule has 3 rings (SSSR count). The number of esters is 1. The first-order chi connectivity index (χ1) is 11.9. The number of carbonyl (C=O) groups is 1. The fourth-order valence-electron chi connectivity index (χ4n) is 3.32. The lowest BCUT2D eigenvalue weighted by Crippen LogP contribution is -2.65. The number of hydrogen-bond acceptors (Lipinski definition) is 4. The second-order valence-electron chi connectivity index (χ2n) is 7.28. The van der Waals surface area contributed by atoms with E-state index in [0.717, 1.165) is 11.1 Å². The molecule has 0 aliphatic carbocycles. The molecular weight excluding hydrogens is 314 g/mol. The van der Waals surface area contributed by atoms with E-state index in [4.69, 9.17) is 9.57 Å². The highest BCUT2D eigenvalue weighted by Gasteiger charge is 2.54. The fraction of sp³-hybridized carbons (Fsp3) is 0.381. The molecule has 1 heterocycles. The predicted molar refractivity (Wildman–Crippen MR) is 96.6 cm³/mol. The van der Waals surface area contributed by atoms with Crippen molar-refractivity contribution in [2.45, 2.75) is 44.9 Å². The normalized spacial score (nSPS) is 24.6. The Labute approximate surface area is 149 Å². The molecule has 1 aliphatic rings. The third kappa shape index (κ3) is 3.20. The summed E-state index contributed by atoms with van der Waals surface area (Å²) in [5.41, 5.74) is 0.453. The second-order valence-corrected chi connectivity index (χ2v) is 7.28. The standard InChI is InChI=1S/C21H25NO3/c1-16(17-11-7-5-8-12-17)25-22-20(2,3)15-24-19(23)21(22,4)18-13-9-6-10-14-18/h5-14,16H,15H2,1-4H3. The van der Waals surface area contributed by atoms with E-state index < -0.39 is 11.1 Å². The molecular formula is C21H25NO3. The average Bonchev–Trinajstić information content (AvgIpc) is 2.63. The van der Waals surface area contributed by atoms with Gasteiger partial charge in [-0.25, -0.2) is 4.79 Å². The highest BCUT2D eigenvalue weighted by atomic mass is 16.7. The summed E-state index contributed by atoms with van der Waals surface area (Å²) >= 11 is 0. The van der Waals surface area contributed by atoms with Crippen LogP contribution in [0.5, 0.6) is 0 Å². The molecule has 0 N–H and O–H groups in total. The van der Waals surface area contributed by atoms with E-state index >= 15 is 0 Å². The predicted octanol–water partition coefficient (Wildman–Crippen LogP) is 4.23. The highest BCUT2D eigenvalue weighted by Crippen LogP contribution is 2.41. The van der Waals surface area contributed by atoms with Gasteiger partial charge in [-0.2, -0.15) is 5.06 Å². The van der Waals surface area contributed by atoms with Gasteiger partial charge in [-0.05, 0) is 38.8 Å². The smallest absolute Gasteiger partial charge is 0.333 e. The van der Waals surface area contributed by atoms with Crippen molar-refractivity contribution in [3.05, 3.63) is 71.8 Å². The molecule has 2 atom stereocenters. The lowest BCUT2D eigenvalue weighted by atomic mass is 9.86. The van der Waals surface area contributed by atoms with Crippen LogP contribution in [0.4, 0.5) is 0 Å². The molecule has 0 saturated carbocycles. The van der Waals surface area contributed by atoms with Gasteiger partial charge in [0.15, 0.2) is 5.54 Å². The van der Waals surface area contributed by atoms with Crippen LogP contribution >= 0.6 is 0 Å². The molecule has 1 fully saturated rings. The van der Waals surface area contributed by atoms with Crippen LogP contribution in [0, 0.1) is 0 Å². The summed E-state index contributed by atoms with van der Waals surface area (Å²) in [7, 11) is 0. The van der Waals surface area contributed by atoms with E-state index in [1.165, 1.54) is 0 Å². The van der Waals surface area contributed by atoms with Gasteiger partial charge >= 0.3 is 5.97 Å². The number of nitrogens with zero attached hydrogens (tertiary/aromatic N) is 1. The molecule has 2 aromatic carbocycles. The van der Waals surface area contributed by atoms with Gasteiger partial charge < -0.3 is 4.74 Å². The minimum Gasteiger partial charge on any atom is -0.462 e. The first kappa shape index (κ1) is 17.6. The monoisotopic (exact) mass is 339 g/mol. The van der Waals surface area contributed by atoms with Crippen molar-refractivity contribution in [1.82, 2.24) is 5.06 Å². The van der Waals surface area contributed by atoms with Gasteiger partial charge in [0.25, 0.3) is 0 Å². The van der Waals surface area contributed by atoms with Crippen molar-refractivity contribution >= 4 is 5.97 Å². The quantitative estimate of drug-likeness (QED) is 0.781. The van der Waals surface area contributed by atoms with Crippen molar-refractivity contribution in [1.29, 1.82) is 0 Å². The molecule has 1 aliphatic heterocycles. The number of carbonyl (C=O) groups excluding carboxylic acids is 1. The summed E-state index contributed by atoms with van der Waals surface area (Å²) in [5, 5.41) is 1.82. The number of cyclic esters (lactones) is 1. The van der Waals surface area contributed by atoms with Crippen molar-refractivity contribution in [2.24, 2.45) is 0 Å². The molecule has 25 heavy (non-hydrogen) atoms. The molecule has 2 unspecified atom stereocenters. The number of benzene rings is 2. The van der Waals surface area contributed by atoms with Crippen molar-refractivity contribution in [3.63, 3.8) is 0 Å². The summed E-state index contributed by atoms with van der Waals surface area (Å²) in [6, 6.07) is 19.7. The molecule has 1 saturated heterocycles. The van der Waals surface area contributed by atoms with E-state index in [2.05, 4.69) is 0 Å². The molecule has 0 aromatic heterocycles. The maximum absolute atomic E-state index is 12.8. The number of hydroxylamine groups is 2. The third-order valence-electron chi connectivity index (χ3n) is 4.78. The minimum atomic E-state index is -1.01. The van der Waals surface area contributed by atoms with E-state index in [1.807, 2.05) is 93.4 Å². The Morgan fingerprint density at radius 2 is 1.56 bits per heavy atom. The van der Waals surface area contributed by atoms with Gasteiger partial charge in [0.1, 0.15) is 12.7 Å². The van der Waals surface area contributed by atoms with E-state index in [0.29, 0.717) is 0 Å². The Bertz CT molecular complexity index is 729. The molecule has 0 bridgehead atoms. The molecule has 4 nitrogen and oxygen atoms in total. The topological polar surface area (TPSA) is 38.8 Å². The molecule has 4 heteroatoms. The fourth-order valence-corrected chi connectivity index (χ4v) is 3.32. The third-order valence-corrected chi connectivity index (χ3v) is 4.78. The SMILES string of the molecule is CC(ON1C(C)(C)COC(=O)C1(C)c1ccccc1)c1ccccc1. The zero-order valence-electron chi connectivity index (χ0n) is 15.2. The van der Waals surface area contributed by atoms with Crippen LogP contribution in [0.1, 0.15) is 44.9 Å². The second kappa shape index (κ2) is 6.62.